The molecule has 5 nitrogen and oxygen atoms in total. The predicted octanol–water partition coefficient (Wildman–Crippen LogP) is 1.53. The fraction of sp³-hybridized carbons (Fsp3) is 0.545. The molecule has 0 unspecified atom stereocenters. The summed E-state index contributed by atoms with van der Waals surface area (Å²) in [5.41, 5.74) is 0.709. The first kappa shape index (κ1) is 15.2. The van der Waals surface area contributed by atoms with Crippen molar-refractivity contribution in [2.45, 2.75) is 19.4 Å². The molecule has 0 spiro atoms. The van der Waals surface area contributed by atoms with Crippen LogP contribution in [0.5, 0.6) is 5.88 Å². The lowest BCUT2D eigenvalue weighted by Gasteiger charge is -2.08. The van der Waals surface area contributed by atoms with E-state index in [2.05, 4.69) is 9.71 Å². The number of hydrogen-bond donors (Lipinski definition) is 1. The molecular formula is C11H17ClN2O3S. The summed E-state index contributed by atoms with van der Waals surface area (Å²) in [6, 6.07) is 3.51. The van der Waals surface area contributed by atoms with Gasteiger partial charge in [0.15, 0.2) is 0 Å². The monoisotopic (exact) mass is 292 g/mol. The van der Waals surface area contributed by atoms with Crippen molar-refractivity contribution in [1.29, 1.82) is 0 Å². The predicted molar refractivity (Wildman–Crippen MR) is 71.4 cm³/mol. The molecule has 1 heterocycles. The van der Waals surface area contributed by atoms with Crippen molar-refractivity contribution in [3.63, 3.8) is 0 Å². The zero-order chi connectivity index (χ0) is 13.4. The minimum atomic E-state index is -3.27. The molecule has 1 rings (SSSR count). The number of ether oxygens (including phenoxy) is 1. The molecule has 0 aliphatic carbocycles. The largest absolute Gasteiger partial charge is 0.481 e. The summed E-state index contributed by atoms with van der Waals surface area (Å²) in [6.45, 7) is 0.181. The standard InChI is InChI=1S/C11H17ClN2O3S/c1-17-11-10(5-4-7-13-11)9-14-18(15,16)8-3-2-6-12/h4-5,7,14H,2-3,6,8-9H2,1H3. The molecule has 0 saturated heterocycles. The smallest absolute Gasteiger partial charge is 0.217 e. The molecule has 18 heavy (non-hydrogen) atoms. The number of halogens is 1. The van der Waals surface area contributed by atoms with E-state index in [0.29, 0.717) is 30.2 Å². The van der Waals surface area contributed by atoms with Crippen LogP contribution in [0.15, 0.2) is 18.3 Å². The van der Waals surface area contributed by atoms with Gasteiger partial charge in [-0.3, -0.25) is 0 Å². The van der Waals surface area contributed by atoms with E-state index in [1.165, 1.54) is 7.11 Å². The van der Waals surface area contributed by atoms with Crippen LogP contribution in [-0.2, 0) is 16.6 Å². The number of aromatic nitrogens is 1. The average Bonchev–Trinajstić information content (AvgIpc) is 2.37. The maximum Gasteiger partial charge on any atom is 0.217 e. The molecule has 102 valence electrons. The van der Waals surface area contributed by atoms with Gasteiger partial charge in [-0.25, -0.2) is 18.1 Å². The van der Waals surface area contributed by atoms with Crippen molar-refractivity contribution in [3.8, 4) is 5.88 Å². The molecule has 0 aliphatic heterocycles. The van der Waals surface area contributed by atoms with E-state index in [1.54, 1.807) is 18.3 Å². The highest BCUT2D eigenvalue weighted by Gasteiger charge is 2.11. The van der Waals surface area contributed by atoms with Gasteiger partial charge in [0.1, 0.15) is 0 Å². The zero-order valence-electron chi connectivity index (χ0n) is 10.2. The van der Waals surface area contributed by atoms with Gasteiger partial charge < -0.3 is 4.74 Å². The minimum Gasteiger partial charge on any atom is -0.481 e. The summed E-state index contributed by atoms with van der Waals surface area (Å²) in [5.74, 6) is 0.995. The molecule has 0 fully saturated rings. The third-order valence-electron chi connectivity index (χ3n) is 2.32. The highest BCUT2D eigenvalue weighted by atomic mass is 35.5. The summed E-state index contributed by atoms with van der Waals surface area (Å²) in [4.78, 5) is 4.00. The van der Waals surface area contributed by atoms with Crippen LogP contribution < -0.4 is 9.46 Å². The number of nitrogens with zero attached hydrogens (tertiary/aromatic N) is 1. The number of rotatable bonds is 8. The van der Waals surface area contributed by atoms with E-state index < -0.39 is 10.0 Å². The van der Waals surface area contributed by atoms with Gasteiger partial charge in [0, 0.05) is 24.2 Å². The van der Waals surface area contributed by atoms with Gasteiger partial charge in [-0.1, -0.05) is 6.07 Å². The van der Waals surface area contributed by atoms with E-state index >= 15 is 0 Å². The fourth-order valence-corrected chi connectivity index (χ4v) is 2.68. The van der Waals surface area contributed by atoms with Crippen molar-refractivity contribution < 1.29 is 13.2 Å². The number of alkyl halides is 1. The number of pyridine rings is 1. The Labute approximate surface area is 113 Å². The van der Waals surface area contributed by atoms with E-state index in [1.807, 2.05) is 0 Å². The van der Waals surface area contributed by atoms with E-state index in [9.17, 15) is 8.42 Å². The summed E-state index contributed by atoms with van der Waals surface area (Å²) in [7, 11) is -1.77. The summed E-state index contributed by atoms with van der Waals surface area (Å²) in [6.07, 6.45) is 2.85. The summed E-state index contributed by atoms with van der Waals surface area (Å²) in [5, 5.41) is 0. The van der Waals surface area contributed by atoms with Crippen molar-refractivity contribution in [2.24, 2.45) is 0 Å². The Morgan fingerprint density at radius 3 is 2.89 bits per heavy atom. The van der Waals surface area contributed by atoms with Crippen molar-refractivity contribution in [2.75, 3.05) is 18.7 Å². The molecule has 0 saturated carbocycles. The first-order valence-corrected chi connectivity index (χ1v) is 7.79. The van der Waals surface area contributed by atoms with Crippen LogP contribution in [-0.4, -0.2) is 32.1 Å². The topological polar surface area (TPSA) is 68.3 Å². The molecule has 7 heteroatoms. The normalized spacial score (nSPS) is 11.4. The highest BCUT2D eigenvalue weighted by Crippen LogP contribution is 2.13. The molecule has 1 aromatic heterocycles. The molecule has 1 aromatic rings. The number of nitrogens with one attached hydrogen (secondary N) is 1. The zero-order valence-corrected chi connectivity index (χ0v) is 11.8. The van der Waals surface area contributed by atoms with Gasteiger partial charge >= 0.3 is 0 Å². The first-order chi connectivity index (χ1) is 8.59. The first-order valence-electron chi connectivity index (χ1n) is 5.60. The molecule has 0 aromatic carbocycles. The molecule has 0 atom stereocenters. The lowest BCUT2D eigenvalue weighted by Crippen LogP contribution is -2.26. The third-order valence-corrected chi connectivity index (χ3v) is 4.00. The van der Waals surface area contributed by atoms with Crippen LogP contribution in [0.3, 0.4) is 0 Å². The second-order valence-electron chi connectivity index (χ2n) is 3.71. The SMILES string of the molecule is COc1ncccc1CNS(=O)(=O)CCCCCl. The van der Waals surface area contributed by atoms with Gasteiger partial charge in [-0.15, -0.1) is 11.6 Å². The number of hydrogen-bond acceptors (Lipinski definition) is 4. The molecule has 0 amide bonds. The molecular weight excluding hydrogens is 276 g/mol. The number of unbranched alkanes of at least 4 members (excludes halogenated alkanes) is 1. The maximum absolute atomic E-state index is 11.7. The van der Waals surface area contributed by atoms with Crippen LogP contribution >= 0.6 is 11.6 Å². The van der Waals surface area contributed by atoms with E-state index in [0.717, 1.165) is 0 Å². The quantitative estimate of drug-likeness (QED) is 0.583. The Balaban J connectivity index is 2.53. The van der Waals surface area contributed by atoms with Crippen molar-refractivity contribution in [1.82, 2.24) is 9.71 Å². The Morgan fingerprint density at radius 1 is 1.44 bits per heavy atom. The maximum atomic E-state index is 11.7. The molecule has 1 N–H and O–H groups in total. The Morgan fingerprint density at radius 2 is 2.22 bits per heavy atom. The fourth-order valence-electron chi connectivity index (χ4n) is 1.39. The van der Waals surface area contributed by atoms with Crippen LogP contribution in [0.4, 0.5) is 0 Å². The van der Waals surface area contributed by atoms with Gasteiger partial charge in [-0.05, 0) is 18.9 Å². The van der Waals surface area contributed by atoms with Gasteiger partial charge in [0.25, 0.3) is 0 Å². The lowest BCUT2D eigenvalue weighted by molar-refractivity contribution is 0.392. The average molecular weight is 293 g/mol. The summed E-state index contributed by atoms with van der Waals surface area (Å²) >= 11 is 5.50. The van der Waals surface area contributed by atoms with Crippen molar-refractivity contribution >= 4 is 21.6 Å². The summed E-state index contributed by atoms with van der Waals surface area (Å²) < 4.78 is 30.9. The van der Waals surface area contributed by atoms with Gasteiger partial charge in [-0.2, -0.15) is 0 Å². The van der Waals surface area contributed by atoms with Crippen LogP contribution in [0.25, 0.3) is 0 Å². The van der Waals surface area contributed by atoms with Crippen LogP contribution in [0.2, 0.25) is 0 Å². The second-order valence-corrected chi connectivity index (χ2v) is 6.01. The van der Waals surface area contributed by atoms with E-state index in [4.69, 9.17) is 16.3 Å². The molecule has 0 bridgehead atoms. The minimum absolute atomic E-state index is 0.0856. The Hall–Kier alpha value is -0.850. The molecule has 0 aliphatic rings. The molecule has 0 radical (unpaired) electrons. The van der Waals surface area contributed by atoms with Gasteiger partial charge in [0.05, 0.1) is 12.9 Å². The number of sulfonamides is 1. The lowest BCUT2D eigenvalue weighted by atomic mass is 10.3. The third kappa shape index (κ3) is 5.20. The second kappa shape index (κ2) is 7.56. The van der Waals surface area contributed by atoms with Crippen molar-refractivity contribution in [3.05, 3.63) is 23.9 Å². The van der Waals surface area contributed by atoms with Crippen LogP contribution in [0, 0.1) is 0 Å². The number of methoxy groups -OCH3 is 1. The van der Waals surface area contributed by atoms with Gasteiger partial charge in [0.2, 0.25) is 15.9 Å². The Bertz CT molecular complexity index is 465. The van der Waals surface area contributed by atoms with Crippen LogP contribution in [0.1, 0.15) is 18.4 Å². The highest BCUT2D eigenvalue weighted by molar-refractivity contribution is 7.89. The Kier molecular flexibility index (Phi) is 6.38. The van der Waals surface area contributed by atoms with E-state index in [-0.39, 0.29) is 12.3 Å².